The van der Waals surface area contributed by atoms with Gasteiger partial charge in [-0.1, -0.05) is 0 Å². The molecule has 5 nitrogen and oxygen atoms in total. The summed E-state index contributed by atoms with van der Waals surface area (Å²) in [6, 6.07) is 6.52. The third-order valence-electron chi connectivity index (χ3n) is 2.32. The average Bonchev–Trinajstić information content (AvgIpc) is 2.63. The van der Waals surface area contributed by atoms with Crippen LogP contribution in [0, 0.1) is 22.7 Å². The maximum atomic E-state index is 10.7. The molecule has 0 fully saturated rings. The van der Waals surface area contributed by atoms with Crippen molar-refractivity contribution >= 4 is 17.2 Å². The summed E-state index contributed by atoms with van der Waals surface area (Å²) >= 11 is 0. The molecular formula is C11H5N3O2. The highest BCUT2D eigenvalue weighted by atomic mass is 16.5. The van der Waals surface area contributed by atoms with E-state index in [1.54, 1.807) is 0 Å². The average molecular weight is 211 g/mol. The highest BCUT2D eigenvalue weighted by molar-refractivity contribution is 5.98. The molecule has 0 spiro atoms. The number of nitriles is 2. The highest BCUT2D eigenvalue weighted by Gasteiger charge is 2.11. The van der Waals surface area contributed by atoms with E-state index in [0.29, 0.717) is 17.2 Å². The van der Waals surface area contributed by atoms with Crippen LogP contribution in [-0.4, -0.2) is 16.2 Å². The van der Waals surface area contributed by atoms with Gasteiger partial charge in [0.15, 0.2) is 6.29 Å². The Morgan fingerprint density at radius 3 is 2.44 bits per heavy atom. The maximum absolute atomic E-state index is 10.7. The number of carbonyl (C=O) groups excluding carboxylic acids is 1. The van der Waals surface area contributed by atoms with Crippen molar-refractivity contribution in [3.63, 3.8) is 0 Å². The monoisotopic (exact) mass is 211 g/mol. The standard InChI is InChI=1S/C11H5N3O2/c12-3-7-1-10-9(6-15)5-14(16)11(10)2-8(7)4-13/h1-2,5-6,16H. The molecule has 0 saturated carbocycles. The molecule has 1 aromatic carbocycles. The minimum atomic E-state index is 0.167. The first-order chi connectivity index (χ1) is 7.71. The third kappa shape index (κ3) is 1.20. The van der Waals surface area contributed by atoms with Crippen LogP contribution in [0.15, 0.2) is 18.3 Å². The fourth-order valence-corrected chi connectivity index (χ4v) is 1.56. The van der Waals surface area contributed by atoms with Crippen molar-refractivity contribution in [1.82, 2.24) is 4.73 Å². The number of hydrogen-bond donors (Lipinski definition) is 1. The quantitative estimate of drug-likeness (QED) is 0.570. The van der Waals surface area contributed by atoms with Crippen LogP contribution in [0.2, 0.25) is 0 Å². The zero-order valence-electron chi connectivity index (χ0n) is 8.01. The van der Waals surface area contributed by atoms with E-state index < -0.39 is 0 Å². The summed E-state index contributed by atoms with van der Waals surface area (Å²) in [5, 5.41) is 27.5. The maximum Gasteiger partial charge on any atom is 0.152 e. The Kier molecular flexibility index (Phi) is 2.08. The SMILES string of the molecule is N#Cc1cc2c(C=O)cn(O)c2cc1C#N. The van der Waals surface area contributed by atoms with Crippen LogP contribution in [0.4, 0.5) is 0 Å². The number of carbonyl (C=O) groups is 1. The van der Waals surface area contributed by atoms with Gasteiger partial charge in [-0.05, 0) is 12.1 Å². The van der Waals surface area contributed by atoms with Crippen molar-refractivity contribution in [3.8, 4) is 12.1 Å². The first kappa shape index (κ1) is 9.75. The van der Waals surface area contributed by atoms with Gasteiger partial charge in [0, 0.05) is 10.9 Å². The minimum absolute atomic E-state index is 0.167. The van der Waals surface area contributed by atoms with Crippen LogP contribution >= 0.6 is 0 Å². The lowest BCUT2D eigenvalue weighted by Crippen LogP contribution is -1.89. The van der Waals surface area contributed by atoms with Gasteiger partial charge in [-0.25, -0.2) is 0 Å². The Labute approximate surface area is 90.3 Å². The molecule has 1 heterocycles. The topological polar surface area (TPSA) is 89.8 Å². The number of aromatic nitrogens is 1. The summed E-state index contributed by atoms with van der Waals surface area (Å²) in [6.07, 6.45) is 1.82. The number of nitrogens with zero attached hydrogens (tertiary/aromatic N) is 3. The van der Waals surface area contributed by atoms with Crippen LogP contribution in [0.3, 0.4) is 0 Å². The lowest BCUT2D eigenvalue weighted by Gasteiger charge is -1.97. The van der Waals surface area contributed by atoms with Crippen LogP contribution in [0.1, 0.15) is 21.5 Å². The first-order valence-corrected chi connectivity index (χ1v) is 4.35. The Balaban J connectivity index is 2.93. The van der Waals surface area contributed by atoms with Gasteiger partial charge in [0.1, 0.15) is 12.1 Å². The number of rotatable bonds is 1. The number of hydrogen-bond acceptors (Lipinski definition) is 4. The lowest BCUT2D eigenvalue weighted by molar-refractivity contribution is 0.112. The molecule has 0 saturated heterocycles. The number of benzene rings is 1. The predicted molar refractivity (Wildman–Crippen MR) is 53.9 cm³/mol. The lowest BCUT2D eigenvalue weighted by atomic mass is 10.1. The van der Waals surface area contributed by atoms with Gasteiger partial charge in [-0.2, -0.15) is 15.3 Å². The van der Waals surface area contributed by atoms with E-state index in [0.717, 1.165) is 4.73 Å². The summed E-state index contributed by atoms with van der Waals surface area (Å²) in [7, 11) is 0. The Bertz CT molecular complexity index is 671. The van der Waals surface area contributed by atoms with Gasteiger partial charge in [0.2, 0.25) is 0 Å². The summed E-state index contributed by atoms with van der Waals surface area (Å²) in [5.74, 6) is 0. The van der Waals surface area contributed by atoms with Gasteiger partial charge in [0.25, 0.3) is 0 Å². The van der Waals surface area contributed by atoms with E-state index in [1.807, 2.05) is 12.1 Å². The predicted octanol–water partition coefficient (Wildman–Crippen LogP) is 1.43. The fourth-order valence-electron chi connectivity index (χ4n) is 1.56. The van der Waals surface area contributed by atoms with E-state index in [9.17, 15) is 10.0 Å². The summed E-state index contributed by atoms with van der Waals surface area (Å²) in [6.45, 7) is 0. The van der Waals surface area contributed by atoms with Gasteiger partial charge in [-0.15, -0.1) is 0 Å². The molecule has 2 rings (SSSR count). The largest absolute Gasteiger partial charge is 0.428 e. The van der Waals surface area contributed by atoms with E-state index in [4.69, 9.17) is 10.5 Å². The Morgan fingerprint density at radius 2 is 1.88 bits per heavy atom. The molecule has 16 heavy (non-hydrogen) atoms. The fraction of sp³-hybridized carbons (Fsp3) is 0. The molecule has 0 radical (unpaired) electrons. The molecule has 0 bridgehead atoms. The molecule has 0 aliphatic carbocycles. The summed E-state index contributed by atoms with van der Waals surface area (Å²) in [4.78, 5) is 10.7. The molecule has 76 valence electrons. The van der Waals surface area contributed by atoms with Crippen molar-refractivity contribution in [2.24, 2.45) is 0 Å². The third-order valence-corrected chi connectivity index (χ3v) is 2.32. The van der Waals surface area contributed by atoms with E-state index in [2.05, 4.69) is 0 Å². The van der Waals surface area contributed by atoms with E-state index >= 15 is 0 Å². The second-order valence-electron chi connectivity index (χ2n) is 3.19. The molecular weight excluding hydrogens is 206 g/mol. The molecule has 0 amide bonds. The summed E-state index contributed by atoms with van der Waals surface area (Å²) in [5.41, 5.74) is 0.960. The second-order valence-corrected chi connectivity index (χ2v) is 3.19. The summed E-state index contributed by atoms with van der Waals surface area (Å²) < 4.78 is 0.765. The normalized spacial score (nSPS) is 9.62. The first-order valence-electron chi connectivity index (χ1n) is 4.35. The van der Waals surface area contributed by atoms with Crippen molar-refractivity contribution in [3.05, 3.63) is 35.0 Å². The van der Waals surface area contributed by atoms with Gasteiger partial charge in [0.05, 0.1) is 22.8 Å². The molecule has 0 atom stereocenters. The molecule has 1 N–H and O–H groups in total. The van der Waals surface area contributed by atoms with Crippen molar-refractivity contribution in [2.45, 2.75) is 0 Å². The van der Waals surface area contributed by atoms with Gasteiger partial charge in [-0.3, -0.25) is 4.79 Å². The second kappa shape index (κ2) is 3.41. The van der Waals surface area contributed by atoms with Crippen molar-refractivity contribution in [2.75, 3.05) is 0 Å². The smallest absolute Gasteiger partial charge is 0.152 e. The van der Waals surface area contributed by atoms with Gasteiger partial charge < -0.3 is 5.21 Å². The number of fused-ring (bicyclic) bond motifs is 1. The molecule has 0 aliphatic heterocycles. The zero-order chi connectivity index (χ0) is 11.7. The molecule has 5 heteroatoms. The van der Waals surface area contributed by atoms with Crippen LogP contribution in [0.25, 0.3) is 10.9 Å². The minimum Gasteiger partial charge on any atom is -0.428 e. The molecule has 0 unspecified atom stereocenters. The zero-order valence-corrected chi connectivity index (χ0v) is 8.01. The van der Waals surface area contributed by atoms with Crippen molar-refractivity contribution in [1.29, 1.82) is 10.5 Å². The van der Waals surface area contributed by atoms with Crippen LogP contribution in [0.5, 0.6) is 0 Å². The molecule has 0 aliphatic rings. The van der Waals surface area contributed by atoms with Crippen LogP contribution < -0.4 is 0 Å². The Morgan fingerprint density at radius 1 is 1.25 bits per heavy atom. The highest BCUT2D eigenvalue weighted by Crippen LogP contribution is 2.23. The van der Waals surface area contributed by atoms with Crippen molar-refractivity contribution < 1.29 is 10.0 Å². The molecule has 2 aromatic rings. The molecule has 1 aromatic heterocycles. The van der Waals surface area contributed by atoms with Crippen LogP contribution in [-0.2, 0) is 0 Å². The Hall–Kier alpha value is -2.79. The van der Waals surface area contributed by atoms with E-state index in [1.165, 1.54) is 18.3 Å². The van der Waals surface area contributed by atoms with E-state index in [-0.39, 0.29) is 16.7 Å². The van der Waals surface area contributed by atoms with Gasteiger partial charge >= 0.3 is 0 Å². The number of aldehydes is 1.